The lowest BCUT2D eigenvalue weighted by Crippen LogP contribution is -2.27. The van der Waals surface area contributed by atoms with Crippen LogP contribution in [0.3, 0.4) is 0 Å². The van der Waals surface area contributed by atoms with Gasteiger partial charge in [-0.05, 0) is 26.2 Å². The Balaban J connectivity index is 1.54. The summed E-state index contributed by atoms with van der Waals surface area (Å²) >= 11 is 0. The van der Waals surface area contributed by atoms with E-state index in [0.29, 0.717) is 6.04 Å². The Labute approximate surface area is 96.6 Å². The lowest BCUT2D eigenvalue weighted by atomic mass is 10.2. The van der Waals surface area contributed by atoms with Gasteiger partial charge in [0, 0.05) is 37.9 Å². The average molecular weight is 220 g/mol. The second-order valence-corrected chi connectivity index (χ2v) is 4.94. The van der Waals surface area contributed by atoms with Crippen molar-refractivity contribution in [2.45, 2.75) is 44.8 Å². The molecule has 2 heterocycles. The first-order chi connectivity index (χ1) is 7.85. The van der Waals surface area contributed by atoms with Gasteiger partial charge in [-0.2, -0.15) is 5.10 Å². The minimum atomic E-state index is 0.620. The van der Waals surface area contributed by atoms with Crippen molar-refractivity contribution in [3.63, 3.8) is 0 Å². The first-order valence-corrected chi connectivity index (χ1v) is 6.38. The Morgan fingerprint density at radius 3 is 3.00 bits per heavy atom. The highest BCUT2D eigenvalue weighted by molar-refractivity contribution is 5.39. The fourth-order valence-electron chi connectivity index (χ4n) is 2.52. The van der Waals surface area contributed by atoms with Crippen LogP contribution in [0.5, 0.6) is 0 Å². The molecule has 1 aliphatic heterocycles. The highest BCUT2D eigenvalue weighted by atomic mass is 15.3. The van der Waals surface area contributed by atoms with Gasteiger partial charge in [0.15, 0.2) is 0 Å². The van der Waals surface area contributed by atoms with E-state index >= 15 is 0 Å². The fraction of sp³-hybridized carbons (Fsp3) is 0.750. The standard InChI is InChI=1S/C12H20N4/c1-2-16-9-11(7-13-16)14-10-5-6-15(8-10)12-3-4-12/h7,9-10,12,14H,2-6,8H2,1H3. The van der Waals surface area contributed by atoms with Gasteiger partial charge in [-0.15, -0.1) is 0 Å². The molecule has 0 aromatic carbocycles. The van der Waals surface area contributed by atoms with Crippen molar-refractivity contribution in [1.82, 2.24) is 14.7 Å². The molecule has 1 saturated carbocycles. The Bertz CT molecular complexity index is 356. The van der Waals surface area contributed by atoms with Crippen molar-refractivity contribution in [3.05, 3.63) is 12.4 Å². The number of likely N-dealkylation sites (tertiary alicyclic amines) is 1. The van der Waals surface area contributed by atoms with Gasteiger partial charge in [-0.3, -0.25) is 9.58 Å². The van der Waals surface area contributed by atoms with Crippen molar-refractivity contribution < 1.29 is 0 Å². The number of rotatable bonds is 4. The van der Waals surface area contributed by atoms with Crippen LogP contribution in [0.2, 0.25) is 0 Å². The van der Waals surface area contributed by atoms with E-state index < -0.39 is 0 Å². The second-order valence-electron chi connectivity index (χ2n) is 4.94. The van der Waals surface area contributed by atoms with Gasteiger partial charge in [-0.25, -0.2) is 0 Å². The van der Waals surface area contributed by atoms with Crippen LogP contribution in [0.1, 0.15) is 26.2 Å². The fourth-order valence-corrected chi connectivity index (χ4v) is 2.52. The summed E-state index contributed by atoms with van der Waals surface area (Å²) in [6, 6.07) is 1.53. The molecule has 1 atom stereocenters. The van der Waals surface area contributed by atoms with E-state index in [2.05, 4.69) is 28.4 Å². The number of aromatic nitrogens is 2. The maximum atomic E-state index is 4.28. The summed E-state index contributed by atoms with van der Waals surface area (Å²) in [7, 11) is 0. The zero-order valence-corrected chi connectivity index (χ0v) is 9.89. The quantitative estimate of drug-likeness (QED) is 0.835. The summed E-state index contributed by atoms with van der Waals surface area (Å²) in [6.07, 6.45) is 8.14. The zero-order valence-electron chi connectivity index (χ0n) is 9.89. The average Bonchev–Trinajstić information content (AvgIpc) is 2.88. The molecule has 1 unspecified atom stereocenters. The van der Waals surface area contributed by atoms with Crippen molar-refractivity contribution in [1.29, 1.82) is 0 Å². The Morgan fingerprint density at radius 1 is 1.44 bits per heavy atom. The minimum absolute atomic E-state index is 0.620. The van der Waals surface area contributed by atoms with Gasteiger partial charge in [0.25, 0.3) is 0 Å². The number of nitrogens with zero attached hydrogens (tertiary/aromatic N) is 3. The third-order valence-corrected chi connectivity index (χ3v) is 3.61. The number of hydrogen-bond donors (Lipinski definition) is 1. The first kappa shape index (κ1) is 10.1. The predicted molar refractivity (Wildman–Crippen MR) is 64.5 cm³/mol. The van der Waals surface area contributed by atoms with Crippen LogP contribution >= 0.6 is 0 Å². The monoisotopic (exact) mass is 220 g/mol. The molecule has 1 aliphatic carbocycles. The number of nitrogens with one attached hydrogen (secondary N) is 1. The van der Waals surface area contributed by atoms with Gasteiger partial charge in [0.1, 0.15) is 0 Å². The van der Waals surface area contributed by atoms with Gasteiger partial charge in [0.2, 0.25) is 0 Å². The van der Waals surface area contributed by atoms with Crippen molar-refractivity contribution in [3.8, 4) is 0 Å². The molecule has 0 amide bonds. The van der Waals surface area contributed by atoms with Crippen LogP contribution in [-0.4, -0.2) is 39.9 Å². The van der Waals surface area contributed by atoms with Gasteiger partial charge >= 0.3 is 0 Å². The molecule has 2 fully saturated rings. The third kappa shape index (κ3) is 2.07. The van der Waals surface area contributed by atoms with E-state index in [4.69, 9.17) is 0 Å². The van der Waals surface area contributed by atoms with Gasteiger partial charge < -0.3 is 5.32 Å². The topological polar surface area (TPSA) is 33.1 Å². The summed E-state index contributed by atoms with van der Waals surface area (Å²) in [5.41, 5.74) is 1.17. The molecule has 0 bridgehead atoms. The highest BCUT2D eigenvalue weighted by Gasteiger charge is 2.34. The van der Waals surface area contributed by atoms with E-state index in [1.165, 1.54) is 38.0 Å². The lowest BCUT2D eigenvalue weighted by Gasteiger charge is -2.15. The molecule has 1 N–H and O–H groups in total. The Kier molecular flexibility index (Phi) is 2.59. The molecular weight excluding hydrogens is 200 g/mol. The smallest absolute Gasteiger partial charge is 0.0729 e. The molecule has 3 rings (SSSR count). The molecule has 1 aromatic rings. The van der Waals surface area contributed by atoms with Crippen LogP contribution in [0.15, 0.2) is 12.4 Å². The van der Waals surface area contributed by atoms with Crippen molar-refractivity contribution in [2.75, 3.05) is 18.4 Å². The predicted octanol–water partition coefficient (Wildman–Crippen LogP) is 1.55. The van der Waals surface area contributed by atoms with E-state index in [0.717, 1.165) is 12.6 Å². The van der Waals surface area contributed by atoms with E-state index in [1.807, 2.05) is 10.9 Å². The number of aryl methyl sites for hydroxylation is 1. The van der Waals surface area contributed by atoms with Gasteiger partial charge in [-0.1, -0.05) is 0 Å². The molecule has 0 radical (unpaired) electrons. The summed E-state index contributed by atoms with van der Waals surface area (Å²) in [5, 5.41) is 7.87. The van der Waals surface area contributed by atoms with Crippen LogP contribution in [0, 0.1) is 0 Å². The van der Waals surface area contributed by atoms with Crippen LogP contribution < -0.4 is 5.32 Å². The molecule has 4 heteroatoms. The van der Waals surface area contributed by atoms with Crippen molar-refractivity contribution >= 4 is 5.69 Å². The maximum absolute atomic E-state index is 4.28. The molecule has 1 aromatic heterocycles. The molecule has 0 spiro atoms. The number of hydrogen-bond acceptors (Lipinski definition) is 3. The van der Waals surface area contributed by atoms with E-state index in [1.54, 1.807) is 0 Å². The summed E-state index contributed by atoms with van der Waals surface area (Å²) in [6.45, 7) is 5.54. The van der Waals surface area contributed by atoms with Crippen LogP contribution in [0.4, 0.5) is 5.69 Å². The summed E-state index contributed by atoms with van der Waals surface area (Å²) < 4.78 is 1.97. The van der Waals surface area contributed by atoms with Crippen molar-refractivity contribution in [2.24, 2.45) is 0 Å². The van der Waals surface area contributed by atoms with Crippen LogP contribution in [-0.2, 0) is 6.54 Å². The molecule has 88 valence electrons. The molecule has 1 saturated heterocycles. The van der Waals surface area contributed by atoms with Gasteiger partial charge in [0.05, 0.1) is 11.9 Å². The number of anilines is 1. The first-order valence-electron chi connectivity index (χ1n) is 6.38. The van der Waals surface area contributed by atoms with E-state index in [-0.39, 0.29) is 0 Å². The largest absolute Gasteiger partial charge is 0.378 e. The highest BCUT2D eigenvalue weighted by Crippen LogP contribution is 2.30. The van der Waals surface area contributed by atoms with Crippen LogP contribution in [0.25, 0.3) is 0 Å². The SMILES string of the molecule is CCn1cc(NC2CCN(C3CC3)C2)cn1. The zero-order chi connectivity index (χ0) is 11.0. The molecule has 4 nitrogen and oxygen atoms in total. The lowest BCUT2D eigenvalue weighted by molar-refractivity contribution is 0.326. The molecule has 16 heavy (non-hydrogen) atoms. The minimum Gasteiger partial charge on any atom is -0.378 e. The Morgan fingerprint density at radius 2 is 2.31 bits per heavy atom. The summed E-state index contributed by atoms with van der Waals surface area (Å²) in [5.74, 6) is 0. The van der Waals surface area contributed by atoms with E-state index in [9.17, 15) is 0 Å². The third-order valence-electron chi connectivity index (χ3n) is 3.61. The molecular formula is C12H20N4. The second kappa shape index (κ2) is 4.09. The Hall–Kier alpha value is -1.03. The normalized spacial score (nSPS) is 26.2. The maximum Gasteiger partial charge on any atom is 0.0729 e. The summed E-state index contributed by atoms with van der Waals surface area (Å²) in [4.78, 5) is 2.63. The molecule has 2 aliphatic rings.